The highest BCUT2D eigenvalue weighted by Crippen LogP contribution is 2.27. The summed E-state index contributed by atoms with van der Waals surface area (Å²) in [5, 5.41) is 0. The predicted octanol–water partition coefficient (Wildman–Crippen LogP) is 3.39. The molecule has 0 radical (unpaired) electrons. The van der Waals surface area contributed by atoms with Crippen molar-refractivity contribution < 1.29 is 4.74 Å². The molecule has 0 aliphatic rings. The predicted molar refractivity (Wildman–Crippen MR) is 64.7 cm³/mol. The number of ether oxygens (including phenoxy) is 1. The van der Waals surface area contributed by atoms with Crippen molar-refractivity contribution in [1.82, 2.24) is 0 Å². The molecule has 2 N–H and O–H groups in total. The molecule has 0 aliphatic heterocycles. The molecule has 1 aromatic carbocycles. The summed E-state index contributed by atoms with van der Waals surface area (Å²) in [6, 6.07) is 7.94. The highest BCUT2D eigenvalue weighted by molar-refractivity contribution is 5.39. The molecule has 0 bridgehead atoms. The van der Waals surface area contributed by atoms with Crippen molar-refractivity contribution in [2.24, 2.45) is 5.92 Å². The maximum atomic E-state index is 5.90. The van der Waals surface area contributed by atoms with Crippen molar-refractivity contribution in [3.05, 3.63) is 29.8 Å². The van der Waals surface area contributed by atoms with Crippen LogP contribution in [0.3, 0.4) is 0 Å². The SMILES string of the molecule is CC(C)O[C@@H](c1ccc(N)cc1)C(C)C. The van der Waals surface area contributed by atoms with Crippen LogP contribution in [0.25, 0.3) is 0 Å². The molecule has 1 atom stereocenters. The molecule has 0 saturated carbocycles. The molecule has 0 fully saturated rings. The largest absolute Gasteiger partial charge is 0.399 e. The van der Waals surface area contributed by atoms with E-state index in [1.807, 2.05) is 24.3 Å². The summed E-state index contributed by atoms with van der Waals surface area (Å²) in [5.41, 5.74) is 7.66. The fraction of sp³-hybridized carbons (Fsp3) is 0.538. The summed E-state index contributed by atoms with van der Waals surface area (Å²) in [5.74, 6) is 0.469. The maximum absolute atomic E-state index is 5.90. The number of nitrogen functional groups attached to an aromatic ring is 1. The van der Waals surface area contributed by atoms with E-state index in [0.717, 1.165) is 5.69 Å². The van der Waals surface area contributed by atoms with E-state index in [1.165, 1.54) is 5.56 Å². The van der Waals surface area contributed by atoms with Crippen LogP contribution >= 0.6 is 0 Å². The number of benzene rings is 1. The quantitative estimate of drug-likeness (QED) is 0.768. The van der Waals surface area contributed by atoms with Crippen LogP contribution in [0.5, 0.6) is 0 Å². The van der Waals surface area contributed by atoms with E-state index in [9.17, 15) is 0 Å². The van der Waals surface area contributed by atoms with Gasteiger partial charge in [-0.2, -0.15) is 0 Å². The topological polar surface area (TPSA) is 35.2 Å². The lowest BCUT2D eigenvalue weighted by molar-refractivity contribution is -0.0199. The molecule has 0 spiro atoms. The average molecular weight is 207 g/mol. The molecule has 0 aliphatic carbocycles. The van der Waals surface area contributed by atoms with Gasteiger partial charge in [0.15, 0.2) is 0 Å². The number of anilines is 1. The van der Waals surface area contributed by atoms with Crippen molar-refractivity contribution in [3.63, 3.8) is 0 Å². The van der Waals surface area contributed by atoms with Crippen molar-refractivity contribution in [3.8, 4) is 0 Å². The lowest BCUT2D eigenvalue weighted by atomic mass is 9.98. The second-order valence-electron chi connectivity index (χ2n) is 4.52. The van der Waals surface area contributed by atoms with Crippen LogP contribution in [-0.2, 0) is 4.74 Å². The molecular formula is C13H21NO. The van der Waals surface area contributed by atoms with Gasteiger partial charge < -0.3 is 10.5 Å². The van der Waals surface area contributed by atoms with Gasteiger partial charge in [-0.15, -0.1) is 0 Å². The average Bonchev–Trinajstić information content (AvgIpc) is 2.15. The standard InChI is InChI=1S/C13H21NO/c1-9(2)13(15-10(3)4)11-5-7-12(14)8-6-11/h5-10,13H,14H2,1-4H3/t13-/m1/s1. The number of nitrogens with two attached hydrogens (primary N) is 1. The van der Waals surface area contributed by atoms with E-state index in [0.29, 0.717) is 5.92 Å². The Kier molecular flexibility index (Phi) is 4.15. The van der Waals surface area contributed by atoms with E-state index in [-0.39, 0.29) is 12.2 Å². The fourth-order valence-electron chi connectivity index (χ4n) is 1.60. The number of rotatable bonds is 4. The summed E-state index contributed by atoms with van der Waals surface area (Å²) < 4.78 is 5.90. The second-order valence-corrected chi connectivity index (χ2v) is 4.52. The summed E-state index contributed by atoms with van der Waals surface area (Å²) >= 11 is 0. The summed E-state index contributed by atoms with van der Waals surface area (Å²) in [6.07, 6.45) is 0.403. The Labute approximate surface area is 92.4 Å². The van der Waals surface area contributed by atoms with Gasteiger partial charge in [-0.25, -0.2) is 0 Å². The Hall–Kier alpha value is -1.02. The molecule has 15 heavy (non-hydrogen) atoms. The first-order chi connectivity index (χ1) is 7.00. The minimum atomic E-state index is 0.158. The lowest BCUT2D eigenvalue weighted by Gasteiger charge is -2.24. The van der Waals surface area contributed by atoms with Crippen molar-refractivity contribution >= 4 is 5.69 Å². The van der Waals surface area contributed by atoms with E-state index in [1.54, 1.807) is 0 Å². The second kappa shape index (κ2) is 5.17. The maximum Gasteiger partial charge on any atom is 0.0851 e. The van der Waals surface area contributed by atoms with Crippen LogP contribution in [0.1, 0.15) is 39.4 Å². The van der Waals surface area contributed by atoms with Crippen LogP contribution < -0.4 is 5.73 Å². The Morgan fingerprint density at radius 1 is 1.00 bits per heavy atom. The normalized spacial score (nSPS) is 13.5. The Balaban J connectivity index is 2.84. The van der Waals surface area contributed by atoms with Crippen molar-refractivity contribution in [2.45, 2.75) is 39.9 Å². The first kappa shape index (κ1) is 12.1. The zero-order chi connectivity index (χ0) is 11.4. The summed E-state index contributed by atoms with van der Waals surface area (Å²) in [7, 11) is 0. The third kappa shape index (κ3) is 3.56. The lowest BCUT2D eigenvalue weighted by Crippen LogP contribution is -2.15. The van der Waals surface area contributed by atoms with Gasteiger partial charge in [0, 0.05) is 5.69 Å². The Morgan fingerprint density at radius 2 is 1.53 bits per heavy atom. The third-order valence-electron chi connectivity index (χ3n) is 2.29. The highest BCUT2D eigenvalue weighted by Gasteiger charge is 2.17. The molecule has 0 heterocycles. The van der Waals surface area contributed by atoms with Crippen molar-refractivity contribution in [1.29, 1.82) is 0 Å². The molecule has 1 rings (SSSR count). The first-order valence-corrected chi connectivity index (χ1v) is 5.51. The summed E-state index contributed by atoms with van der Waals surface area (Å²) in [6.45, 7) is 8.46. The van der Waals surface area contributed by atoms with Crippen molar-refractivity contribution in [2.75, 3.05) is 5.73 Å². The molecule has 0 aromatic heterocycles. The van der Waals surface area contributed by atoms with Gasteiger partial charge in [-0.3, -0.25) is 0 Å². The minimum absolute atomic E-state index is 0.158. The summed E-state index contributed by atoms with van der Waals surface area (Å²) in [4.78, 5) is 0. The van der Waals surface area contributed by atoms with Crippen LogP contribution in [0.15, 0.2) is 24.3 Å². The zero-order valence-corrected chi connectivity index (χ0v) is 10.0. The molecule has 0 amide bonds. The Morgan fingerprint density at radius 3 is 1.93 bits per heavy atom. The smallest absolute Gasteiger partial charge is 0.0851 e. The van der Waals surface area contributed by atoms with E-state index >= 15 is 0 Å². The highest BCUT2D eigenvalue weighted by atomic mass is 16.5. The molecular weight excluding hydrogens is 186 g/mol. The third-order valence-corrected chi connectivity index (χ3v) is 2.29. The van der Waals surface area contributed by atoms with Crippen LogP contribution in [0.4, 0.5) is 5.69 Å². The molecule has 2 nitrogen and oxygen atoms in total. The zero-order valence-electron chi connectivity index (χ0n) is 10.0. The van der Waals surface area contributed by atoms with Gasteiger partial charge in [0.05, 0.1) is 12.2 Å². The van der Waals surface area contributed by atoms with Gasteiger partial charge >= 0.3 is 0 Å². The molecule has 1 aromatic rings. The number of hydrogen-bond acceptors (Lipinski definition) is 2. The minimum Gasteiger partial charge on any atom is -0.399 e. The van der Waals surface area contributed by atoms with E-state index in [2.05, 4.69) is 27.7 Å². The van der Waals surface area contributed by atoms with Crippen LogP contribution in [0.2, 0.25) is 0 Å². The molecule has 0 unspecified atom stereocenters. The van der Waals surface area contributed by atoms with Crippen LogP contribution in [-0.4, -0.2) is 6.10 Å². The van der Waals surface area contributed by atoms with E-state index < -0.39 is 0 Å². The molecule has 2 heteroatoms. The van der Waals surface area contributed by atoms with E-state index in [4.69, 9.17) is 10.5 Å². The van der Waals surface area contributed by atoms with Gasteiger partial charge in [-0.05, 0) is 37.5 Å². The first-order valence-electron chi connectivity index (χ1n) is 5.51. The van der Waals surface area contributed by atoms with Gasteiger partial charge in [-0.1, -0.05) is 26.0 Å². The van der Waals surface area contributed by atoms with Gasteiger partial charge in [0.1, 0.15) is 0 Å². The van der Waals surface area contributed by atoms with Gasteiger partial charge in [0.25, 0.3) is 0 Å². The Bertz CT molecular complexity index is 290. The van der Waals surface area contributed by atoms with Gasteiger partial charge in [0.2, 0.25) is 0 Å². The monoisotopic (exact) mass is 207 g/mol. The fourth-order valence-corrected chi connectivity index (χ4v) is 1.60. The number of hydrogen-bond donors (Lipinski definition) is 1. The van der Waals surface area contributed by atoms with Crippen LogP contribution in [0, 0.1) is 5.92 Å². The molecule has 84 valence electrons. The molecule has 0 saturated heterocycles.